The van der Waals surface area contributed by atoms with Crippen molar-refractivity contribution < 1.29 is 4.92 Å². The molecule has 0 amide bonds. The van der Waals surface area contributed by atoms with Crippen LogP contribution in [0, 0.1) is 10.1 Å². The van der Waals surface area contributed by atoms with E-state index in [0.29, 0.717) is 11.0 Å². The van der Waals surface area contributed by atoms with Crippen molar-refractivity contribution in [3.8, 4) is 0 Å². The molecule has 1 aliphatic rings. The lowest BCUT2D eigenvalue weighted by atomic mass is 10.2. The van der Waals surface area contributed by atoms with E-state index < -0.39 is 4.92 Å². The zero-order chi connectivity index (χ0) is 15.7. The number of nitrogens with zero attached hydrogens (tertiary/aromatic N) is 6. The lowest BCUT2D eigenvalue weighted by Gasteiger charge is -2.35. The third-order valence-corrected chi connectivity index (χ3v) is 3.86. The van der Waals surface area contributed by atoms with Crippen molar-refractivity contribution >= 4 is 29.2 Å². The molecule has 0 unspecified atom stereocenters. The van der Waals surface area contributed by atoms with Crippen LogP contribution in [-0.4, -0.2) is 45.9 Å². The summed E-state index contributed by atoms with van der Waals surface area (Å²) in [4.78, 5) is 18.4. The minimum absolute atomic E-state index is 0.366. The molecule has 116 valence electrons. The second-order valence-corrected chi connectivity index (χ2v) is 5.48. The van der Waals surface area contributed by atoms with E-state index in [2.05, 4.69) is 15.0 Å². The summed E-state index contributed by atoms with van der Waals surface area (Å²) in [6.45, 7) is 3.02. The van der Waals surface area contributed by atoms with Gasteiger partial charge in [0.2, 0.25) is 0 Å². The minimum atomic E-state index is -0.578. The van der Waals surface area contributed by atoms with E-state index in [0.717, 1.165) is 31.9 Å². The third-order valence-electron chi connectivity index (χ3n) is 3.63. The van der Waals surface area contributed by atoms with Crippen LogP contribution in [0.5, 0.6) is 0 Å². The van der Waals surface area contributed by atoms with E-state index in [1.807, 2.05) is 29.2 Å². The first kappa shape index (κ1) is 14.6. The van der Waals surface area contributed by atoms with Crippen molar-refractivity contribution in [1.82, 2.24) is 14.8 Å². The van der Waals surface area contributed by atoms with Gasteiger partial charge in [-0.1, -0.05) is 17.7 Å². The summed E-state index contributed by atoms with van der Waals surface area (Å²) in [5.74, 6) is 0.159. The molecule has 0 atom stereocenters. The normalized spacial score (nSPS) is 15.2. The number of anilines is 2. The standard InChI is InChI=1S/C13H15ClN6O2/c1-17-13(15-12(16-17)20(21)22)19-7-5-18(6-8-19)11-4-2-3-10(14)9-11/h2-4,9H,5-8H2,1H3. The lowest BCUT2D eigenvalue weighted by Crippen LogP contribution is -2.47. The highest BCUT2D eigenvalue weighted by atomic mass is 35.5. The Balaban J connectivity index is 1.70. The van der Waals surface area contributed by atoms with E-state index in [4.69, 9.17) is 11.6 Å². The van der Waals surface area contributed by atoms with Gasteiger partial charge in [-0.25, -0.2) is 0 Å². The quantitative estimate of drug-likeness (QED) is 0.632. The summed E-state index contributed by atoms with van der Waals surface area (Å²) < 4.78 is 1.45. The Morgan fingerprint density at radius 1 is 1.23 bits per heavy atom. The highest BCUT2D eigenvalue weighted by Crippen LogP contribution is 2.22. The zero-order valence-electron chi connectivity index (χ0n) is 12.0. The summed E-state index contributed by atoms with van der Waals surface area (Å²) in [6, 6.07) is 7.73. The Bertz CT molecular complexity index is 696. The maximum Gasteiger partial charge on any atom is 0.493 e. The number of halogens is 1. The van der Waals surface area contributed by atoms with Crippen LogP contribution in [0.3, 0.4) is 0 Å². The Hall–Kier alpha value is -2.35. The van der Waals surface area contributed by atoms with Crippen molar-refractivity contribution in [3.05, 3.63) is 39.4 Å². The number of hydrogen-bond acceptors (Lipinski definition) is 6. The van der Waals surface area contributed by atoms with Gasteiger partial charge in [0.05, 0.1) is 0 Å². The van der Waals surface area contributed by atoms with Crippen LogP contribution in [0.2, 0.25) is 5.02 Å². The summed E-state index contributed by atoms with van der Waals surface area (Å²) in [7, 11) is 1.67. The molecular weight excluding hydrogens is 308 g/mol. The van der Waals surface area contributed by atoms with Crippen LogP contribution in [0.4, 0.5) is 17.6 Å². The number of aromatic nitrogens is 3. The SMILES string of the molecule is Cn1nc([N+](=O)[O-])nc1N1CCN(c2cccc(Cl)c2)CC1. The maximum absolute atomic E-state index is 10.7. The first-order valence-electron chi connectivity index (χ1n) is 6.85. The number of benzene rings is 1. The first-order valence-corrected chi connectivity index (χ1v) is 7.23. The summed E-state index contributed by atoms with van der Waals surface area (Å²) in [5.41, 5.74) is 1.08. The predicted octanol–water partition coefficient (Wildman–Crippen LogP) is 1.70. The Morgan fingerprint density at radius 3 is 2.50 bits per heavy atom. The fourth-order valence-corrected chi connectivity index (χ4v) is 2.74. The van der Waals surface area contributed by atoms with Crippen molar-refractivity contribution in [2.45, 2.75) is 0 Å². The lowest BCUT2D eigenvalue weighted by molar-refractivity contribution is -0.394. The van der Waals surface area contributed by atoms with Crippen molar-refractivity contribution in [3.63, 3.8) is 0 Å². The van der Waals surface area contributed by atoms with Gasteiger partial charge in [0.25, 0.3) is 0 Å². The molecule has 3 rings (SSSR count). The smallest absolute Gasteiger partial charge is 0.390 e. The molecule has 1 fully saturated rings. The number of piperazine rings is 1. The molecule has 0 saturated carbocycles. The molecule has 2 aromatic rings. The van der Waals surface area contributed by atoms with Crippen LogP contribution < -0.4 is 9.80 Å². The van der Waals surface area contributed by atoms with E-state index >= 15 is 0 Å². The number of aryl methyl sites for hydroxylation is 1. The van der Waals surface area contributed by atoms with E-state index in [1.54, 1.807) is 7.05 Å². The van der Waals surface area contributed by atoms with Gasteiger partial charge in [-0.05, 0) is 28.1 Å². The molecule has 1 aliphatic heterocycles. The molecule has 0 N–H and O–H groups in total. The predicted molar refractivity (Wildman–Crippen MR) is 83.5 cm³/mol. The summed E-state index contributed by atoms with van der Waals surface area (Å²) in [5, 5.41) is 15.3. The second kappa shape index (κ2) is 5.80. The van der Waals surface area contributed by atoms with Gasteiger partial charge in [0, 0.05) is 49.0 Å². The average Bonchev–Trinajstić information content (AvgIpc) is 2.90. The van der Waals surface area contributed by atoms with E-state index in [9.17, 15) is 10.1 Å². The van der Waals surface area contributed by atoms with Crippen LogP contribution in [0.15, 0.2) is 24.3 Å². The minimum Gasteiger partial charge on any atom is -0.390 e. The molecule has 0 bridgehead atoms. The fourth-order valence-electron chi connectivity index (χ4n) is 2.55. The maximum atomic E-state index is 10.7. The van der Waals surface area contributed by atoms with Crippen LogP contribution >= 0.6 is 11.6 Å². The second-order valence-electron chi connectivity index (χ2n) is 5.05. The van der Waals surface area contributed by atoms with Crippen molar-refractivity contribution in [2.24, 2.45) is 7.05 Å². The van der Waals surface area contributed by atoms with Gasteiger partial charge in [-0.15, -0.1) is 0 Å². The van der Waals surface area contributed by atoms with Gasteiger partial charge in [0.1, 0.15) is 0 Å². The molecule has 9 heteroatoms. The number of hydrogen-bond donors (Lipinski definition) is 0. The van der Waals surface area contributed by atoms with Crippen LogP contribution in [0.1, 0.15) is 0 Å². The van der Waals surface area contributed by atoms with Gasteiger partial charge in [-0.2, -0.15) is 4.68 Å². The monoisotopic (exact) mass is 322 g/mol. The highest BCUT2D eigenvalue weighted by molar-refractivity contribution is 6.30. The number of nitro groups is 1. The van der Waals surface area contributed by atoms with Crippen molar-refractivity contribution in [2.75, 3.05) is 36.0 Å². The molecule has 8 nitrogen and oxygen atoms in total. The molecule has 0 radical (unpaired) electrons. The Kier molecular flexibility index (Phi) is 3.84. The fraction of sp³-hybridized carbons (Fsp3) is 0.385. The third kappa shape index (κ3) is 2.82. The molecule has 22 heavy (non-hydrogen) atoms. The van der Waals surface area contributed by atoms with E-state index in [-0.39, 0.29) is 5.95 Å². The van der Waals surface area contributed by atoms with Gasteiger partial charge < -0.3 is 19.9 Å². The van der Waals surface area contributed by atoms with Crippen LogP contribution in [-0.2, 0) is 7.05 Å². The average molecular weight is 323 g/mol. The van der Waals surface area contributed by atoms with Crippen molar-refractivity contribution in [1.29, 1.82) is 0 Å². The number of rotatable bonds is 3. The van der Waals surface area contributed by atoms with Gasteiger partial charge in [-0.3, -0.25) is 0 Å². The van der Waals surface area contributed by atoms with E-state index in [1.165, 1.54) is 4.68 Å². The molecule has 1 aromatic heterocycles. The summed E-state index contributed by atoms with van der Waals surface area (Å²) in [6.07, 6.45) is 0. The topological polar surface area (TPSA) is 80.3 Å². The molecular formula is C13H15ClN6O2. The van der Waals surface area contributed by atoms with Gasteiger partial charge in [0.15, 0.2) is 0 Å². The molecule has 1 aromatic carbocycles. The zero-order valence-corrected chi connectivity index (χ0v) is 12.8. The van der Waals surface area contributed by atoms with Gasteiger partial charge >= 0.3 is 11.9 Å². The highest BCUT2D eigenvalue weighted by Gasteiger charge is 2.27. The molecule has 1 saturated heterocycles. The Labute approximate surface area is 132 Å². The first-order chi connectivity index (χ1) is 10.5. The molecule has 0 spiro atoms. The summed E-state index contributed by atoms with van der Waals surface area (Å²) >= 11 is 6.02. The molecule has 0 aliphatic carbocycles. The van der Waals surface area contributed by atoms with Crippen LogP contribution in [0.25, 0.3) is 0 Å². The Morgan fingerprint density at radius 2 is 1.91 bits per heavy atom. The largest absolute Gasteiger partial charge is 0.493 e. The molecule has 2 heterocycles.